The van der Waals surface area contributed by atoms with Crippen molar-refractivity contribution in [3.8, 4) is 0 Å². The van der Waals surface area contributed by atoms with E-state index in [1.807, 2.05) is 18.8 Å². The summed E-state index contributed by atoms with van der Waals surface area (Å²) in [5.41, 5.74) is 3.99. The smallest absolute Gasteiger partial charge is 0.0508 e. The van der Waals surface area contributed by atoms with Crippen molar-refractivity contribution >= 4 is 17.4 Å². The third kappa shape index (κ3) is 4.28. The average Bonchev–Trinajstić information content (AvgIpc) is 2.52. The van der Waals surface area contributed by atoms with Crippen LogP contribution in [0.2, 0.25) is 0 Å². The number of para-hydroxylation sites is 1. The van der Waals surface area contributed by atoms with Crippen LogP contribution in [0.15, 0.2) is 52.3 Å². The summed E-state index contributed by atoms with van der Waals surface area (Å²) in [4.78, 5) is 5.10. The van der Waals surface area contributed by atoms with E-state index in [0.717, 1.165) is 19.6 Å². The van der Waals surface area contributed by atoms with Crippen LogP contribution in [0.1, 0.15) is 18.1 Å². The minimum Gasteiger partial charge on any atom is -0.370 e. The van der Waals surface area contributed by atoms with Crippen LogP contribution in [-0.2, 0) is 0 Å². The van der Waals surface area contributed by atoms with Gasteiger partial charge in [-0.25, -0.2) is 0 Å². The van der Waals surface area contributed by atoms with Crippen molar-refractivity contribution in [2.75, 3.05) is 31.6 Å². The minimum absolute atomic E-state index is 0.996. The highest BCUT2D eigenvalue weighted by Crippen LogP contribution is 2.36. The van der Waals surface area contributed by atoms with E-state index < -0.39 is 0 Å². The molecule has 0 saturated carbocycles. The maximum absolute atomic E-state index is 3.24. The summed E-state index contributed by atoms with van der Waals surface area (Å²) in [5.74, 6) is 0. The largest absolute Gasteiger partial charge is 0.370 e. The Bertz CT molecular complexity index is 610. The zero-order chi connectivity index (χ0) is 15.9. The Morgan fingerprint density at radius 1 is 1.05 bits per heavy atom. The molecule has 0 aliphatic heterocycles. The van der Waals surface area contributed by atoms with Crippen molar-refractivity contribution in [2.24, 2.45) is 0 Å². The first-order valence-electron chi connectivity index (χ1n) is 7.89. The minimum atomic E-state index is 0.996. The van der Waals surface area contributed by atoms with Crippen LogP contribution in [0, 0.1) is 13.8 Å². The fourth-order valence-corrected chi connectivity index (χ4v) is 3.57. The maximum atomic E-state index is 3.24. The number of nitrogens with zero attached hydrogens (tertiary/aromatic N) is 1. The number of hydrogen-bond donors (Lipinski definition) is 1. The fourth-order valence-electron chi connectivity index (χ4n) is 2.53. The molecule has 0 aliphatic rings. The molecule has 0 radical (unpaired) electrons. The molecule has 3 heteroatoms. The summed E-state index contributed by atoms with van der Waals surface area (Å²) in [7, 11) is 2.00. The second-order valence-corrected chi connectivity index (χ2v) is 6.61. The molecule has 0 aliphatic carbocycles. The molecule has 0 unspecified atom stereocenters. The van der Waals surface area contributed by atoms with Gasteiger partial charge in [0.15, 0.2) is 0 Å². The van der Waals surface area contributed by atoms with Crippen LogP contribution in [0.4, 0.5) is 5.69 Å². The molecule has 2 rings (SSSR count). The summed E-state index contributed by atoms with van der Waals surface area (Å²) < 4.78 is 0. The Labute approximate surface area is 138 Å². The number of benzene rings is 2. The van der Waals surface area contributed by atoms with Crippen molar-refractivity contribution < 1.29 is 0 Å². The SMILES string of the molecule is CCN(CCNC)c1ccccc1Sc1ccc(C)cc1C. The number of likely N-dealkylation sites (N-methyl/N-ethyl adjacent to an activating group) is 2. The lowest BCUT2D eigenvalue weighted by molar-refractivity contribution is 0.733. The highest BCUT2D eigenvalue weighted by atomic mass is 32.2. The van der Waals surface area contributed by atoms with Gasteiger partial charge in [0.25, 0.3) is 0 Å². The maximum Gasteiger partial charge on any atom is 0.0508 e. The summed E-state index contributed by atoms with van der Waals surface area (Å²) in [6.45, 7) is 9.59. The Morgan fingerprint density at radius 2 is 1.82 bits per heavy atom. The van der Waals surface area contributed by atoms with Gasteiger partial charge in [0.05, 0.1) is 5.69 Å². The highest BCUT2D eigenvalue weighted by Gasteiger charge is 2.11. The molecular weight excluding hydrogens is 288 g/mol. The van der Waals surface area contributed by atoms with Crippen LogP contribution in [0.25, 0.3) is 0 Å². The quantitative estimate of drug-likeness (QED) is 0.810. The van der Waals surface area contributed by atoms with Crippen molar-refractivity contribution in [3.63, 3.8) is 0 Å². The Hall–Kier alpha value is -1.45. The van der Waals surface area contributed by atoms with Gasteiger partial charge in [-0.3, -0.25) is 0 Å². The molecule has 0 spiro atoms. The van der Waals surface area contributed by atoms with Gasteiger partial charge >= 0.3 is 0 Å². The molecule has 0 bridgehead atoms. The van der Waals surface area contributed by atoms with Crippen LogP contribution in [-0.4, -0.2) is 26.7 Å². The Balaban J connectivity index is 2.27. The first kappa shape index (κ1) is 16.9. The van der Waals surface area contributed by atoms with Crippen LogP contribution in [0.3, 0.4) is 0 Å². The first-order chi connectivity index (χ1) is 10.7. The van der Waals surface area contributed by atoms with E-state index in [2.05, 4.69) is 73.5 Å². The van der Waals surface area contributed by atoms with E-state index in [1.165, 1.54) is 26.6 Å². The molecular formula is C19H26N2S. The second kappa shape index (κ2) is 8.25. The van der Waals surface area contributed by atoms with Crippen molar-refractivity contribution in [3.05, 3.63) is 53.6 Å². The molecule has 0 aromatic heterocycles. The van der Waals surface area contributed by atoms with Gasteiger partial charge in [-0.05, 0) is 51.6 Å². The van der Waals surface area contributed by atoms with Gasteiger partial charge in [0.1, 0.15) is 0 Å². The van der Waals surface area contributed by atoms with Gasteiger partial charge in [0, 0.05) is 29.4 Å². The van der Waals surface area contributed by atoms with Gasteiger partial charge in [-0.2, -0.15) is 0 Å². The van der Waals surface area contributed by atoms with E-state index in [4.69, 9.17) is 0 Å². The van der Waals surface area contributed by atoms with Crippen molar-refractivity contribution in [2.45, 2.75) is 30.6 Å². The standard InChI is InChI=1S/C19H26N2S/c1-5-21(13-12-20-4)17-8-6-7-9-19(17)22-18-11-10-15(2)14-16(18)3/h6-11,14,20H,5,12-13H2,1-4H3. The number of rotatable bonds is 7. The normalized spacial score (nSPS) is 10.7. The number of nitrogens with one attached hydrogen (secondary N) is 1. The monoisotopic (exact) mass is 314 g/mol. The molecule has 0 atom stereocenters. The molecule has 118 valence electrons. The van der Waals surface area contributed by atoms with Crippen molar-refractivity contribution in [1.82, 2.24) is 5.32 Å². The zero-order valence-electron chi connectivity index (χ0n) is 14.0. The molecule has 0 saturated heterocycles. The zero-order valence-corrected chi connectivity index (χ0v) is 14.8. The summed E-state index contributed by atoms with van der Waals surface area (Å²) in [6, 6.07) is 15.4. The molecule has 22 heavy (non-hydrogen) atoms. The predicted molar refractivity (Wildman–Crippen MR) is 98.3 cm³/mol. The summed E-state index contributed by atoms with van der Waals surface area (Å²) in [5, 5.41) is 3.24. The number of hydrogen-bond acceptors (Lipinski definition) is 3. The summed E-state index contributed by atoms with van der Waals surface area (Å²) in [6.07, 6.45) is 0. The molecule has 2 aromatic rings. The van der Waals surface area contributed by atoms with Crippen molar-refractivity contribution in [1.29, 1.82) is 0 Å². The van der Waals surface area contributed by atoms with Gasteiger partial charge in [0.2, 0.25) is 0 Å². The van der Waals surface area contributed by atoms with Crippen LogP contribution in [0.5, 0.6) is 0 Å². The summed E-state index contributed by atoms with van der Waals surface area (Å²) >= 11 is 1.86. The Kier molecular flexibility index (Phi) is 6.34. The number of anilines is 1. The molecule has 0 amide bonds. The number of aryl methyl sites for hydroxylation is 2. The van der Waals surface area contributed by atoms with E-state index in [0.29, 0.717) is 0 Å². The molecule has 0 heterocycles. The average molecular weight is 314 g/mol. The predicted octanol–water partition coefficient (Wildman–Crippen LogP) is 4.50. The van der Waals surface area contributed by atoms with Gasteiger partial charge in [-0.1, -0.05) is 41.6 Å². The third-order valence-corrected chi connectivity index (χ3v) is 5.01. The molecule has 2 nitrogen and oxygen atoms in total. The van der Waals surface area contributed by atoms with E-state index in [-0.39, 0.29) is 0 Å². The van der Waals surface area contributed by atoms with E-state index in [1.54, 1.807) is 0 Å². The first-order valence-corrected chi connectivity index (χ1v) is 8.71. The molecule has 2 aromatic carbocycles. The van der Waals surface area contributed by atoms with Gasteiger partial charge in [-0.15, -0.1) is 0 Å². The highest BCUT2D eigenvalue weighted by molar-refractivity contribution is 7.99. The lowest BCUT2D eigenvalue weighted by Crippen LogP contribution is -2.30. The van der Waals surface area contributed by atoms with E-state index in [9.17, 15) is 0 Å². The lowest BCUT2D eigenvalue weighted by atomic mass is 10.2. The molecule has 0 fully saturated rings. The second-order valence-electron chi connectivity index (χ2n) is 5.52. The van der Waals surface area contributed by atoms with Gasteiger partial charge < -0.3 is 10.2 Å². The van der Waals surface area contributed by atoms with Crippen LogP contribution < -0.4 is 10.2 Å². The van der Waals surface area contributed by atoms with Crippen LogP contribution >= 0.6 is 11.8 Å². The Morgan fingerprint density at radius 3 is 2.50 bits per heavy atom. The fraction of sp³-hybridized carbons (Fsp3) is 0.368. The lowest BCUT2D eigenvalue weighted by Gasteiger charge is -2.25. The third-order valence-electron chi connectivity index (χ3n) is 3.77. The van der Waals surface area contributed by atoms with E-state index >= 15 is 0 Å². The molecule has 1 N–H and O–H groups in total. The topological polar surface area (TPSA) is 15.3 Å².